The molecule has 182 valence electrons. The highest BCUT2D eigenvalue weighted by Crippen LogP contribution is 2.42. The third-order valence-corrected chi connectivity index (χ3v) is 6.39. The van der Waals surface area contributed by atoms with E-state index in [4.69, 9.17) is 18.9 Å². The zero-order chi connectivity index (χ0) is 24.9. The normalized spacial score (nSPS) is 11.1. The summed E-state index contributed by atoms with van der Waals surface area (Å²) in [6, 6.07) is 6.24. The molecular weight excluding hydrogens is 464 g/mol. The molecule has 0 spiro atoms. The summed E-state index contributed by atoms with van der Waals surface area (Å²) in [7, 11) is 1.09. The van der Waals surface area contributed by atoms with Gasteiger partial charge in [-0.3, -0.25) is 9.48 Å². The SMILES string of the molecule is CCc1c(OC)cc(OC)c(S(=O)(=O)NC(=O)c2ccc(Cn3cccn3)c(OC)n2)c1OC. The number of carbonyl (C=O) groups excluding carboxylic acids is 1. The van der Waals surface area contributed by atoms with Crippen molar-refractivity contribution in [1.82, 2.24) is 19.5 Å². The van der Waals surface area contributed by atoms with Crippen molar-refractivity contribution in [2.75, 3.05) is 28.4 Å². The van der Waals surface area contributed by atoms with Gasteiger partial charge in [-0.25, -0.2) is 18.1 Å². The molecule has 11 nitrogen and oxygen atoms in total. The Balaban J connectivity index is 1.97. The van der Waals surface area contributed by atoms with E-state index in [0.29, 0.717) is 29.8 Å². The number of amides is 1. The maximum Gasteiger partial charge on any atom is 0.283 e. The number of nitrogens with one attached hydrogen (secondary N) is 1. The van der Waals surface area contributed by atoms with E-state index in [1.807, 2.05) is 11.6 Å². The van der Waals surface area contributed by atoms with Crippen molar-refractivity contribution in [2.45, 2.75) is 24.8 Å². The summed E-state index contributed by atoms with van der Waals surface area (Å²) < 4.78 is 51.5. The van der Waals surface area contributed by atoms with Crippen molar-refractivity contribution in [3.8, 4) is 23.1 Å². The fourth-order valence-electron chi connectivity index (χ4n) is 3.46. The van der Waals surface area contributed by atoms with E-state index >= 15 is 0 Å². The fourth-order valence-corrected chi connectivity index (χ4v) is 4.77. The molecule has 0 bridgehead atoms. The molecular formula is C22H26N4O7S. The van der Waals surface area contributed by atoms with Gasteiger partial charge in [0.15, 0.2) is 4.90 Å². The molecule has 34 heavy (non-hydrogen) atoms. The van der Waals surface area contributed by atoms with Crippen LogP contribution in [-0.4, -0.2) is 57.5 Å². The van der Waals surface area contributed by atoms with Crippen LogP contribution in [0, 0.1) is 0 Å². The number of rotatable bonds is 10. The van der Waals surface area contributed by atoms with Crippen molar-refractivity contribution in [1.29, 1.82) is 0 Å². The molecule has 0 fully saturated rings. The van der Waals surface area contributed by atoms with Crippen LogP contribution in [0.2, 0.25) is 0 Å². The molecule has 0 aliphatic rings. The Kier molecular flexibility index (Phi) is 7.61. The van der Waals surface area contributed by atoms with Crippen molar-refractivity contribution < 1.29 is 32.2 Å². The lowest BCUT2D eigenvalue weighted by Gasteiger charge is -2.19. The zero-order valence-corrected chi connectivity index (χ0v) is 20.3. The van der Waals surface area contributed by atoms with Crippen LogP contribution < -0.4 is 23.7 Å². The van der Waals surface area contributed by atoms with E-state index in [9.17, 15) is 13.2 Å². The quantitative estimate of drug-likeness (QED) is 0.453. The van der Waals surface area contributed by atoms with Gasteiger partial charge in [-0.2, -0.15) is 5.10 Å². The Morgan fingerprint density at radius 2 is 1.79 bits per heavy atom. The Labute approximate surface area is 197 Å². The lowest BCUT2D eigenvalue weighted by Crippen LogP contribution is -2.32. The van der Waals surface area contributed by atoms with Crippen LogP contribution in [0.1, 0.15) is 28.5 Å². The number of carbonyl (C=O) groups is 1. The van der Waals surface area contributed by atoms with Gasteiger partial charge >= 0.3 is 0 Å². The smallest absolute Gasteiger partial charge is 0.283 e. The maximum atomic E-state index is 13.3. The number of aromatic nitrogens is 3. The minimum atomic E-state index is -4.42. The maximum absolute atomic E-state index is 13.3. The van der Waals surface area contributed by atoms with Gasteiger partial charge in [-0.1, -0.05) is 6.92 Å². The predicted octanol–water partition coefficient (Wildman–Crippen LogP) is 2.04. The Morgan fingerprint density at radius 3 is 2.35 bits per heavy atom. The van der Waals surface area contributed by atoms with Gasteiger partial charge in [0.2, 0.25) is 5.88 Å². The highest BCUT2D eigenvalue weighted by molar-refractivity contribution is 7.90. The van der Waals surface area contributed by atoms with Gasteiger partial charge in [0.25, 0.3) is 15.9 Å². The van der Waals surface area contributed by atoms with Crippen LogP contribution in [0.5, 0.6) is 23.1 Å². The van der Waals surface area contributed by atoms with Gasteiger partial charge in [0.05, 0.1) is 35.0 Å². The van der Waals surface area contributed by atoms with Crippen LogP contribution >= 0.6 is 0 Å². The topological polar surface area (TPSA) is 131 Å². The minimum Gasteiger partial charge on any atom is -0.496 e. The third-order valence-electron chi connectivity index (χ3n) is 5.01. The van der Waals surface area contributed by atoms with E-state index in [2.05, 4.69) is 10.1 Å². The summed E-state index contributed by atoms with van der Waals surface area (Å²) in [5.74, 6) is -0.374. The van der Waals surface area contributed by atoms with Gasteiger partial charge in [0, 0.05) is 29.6 Å². The molecule has 0 aliphatic heterocycles. The molecule has 12 heteroatoms. The molecule has 0 radical (unpaired) electrons. The zero-order valence-electron chi connectivity index (χ0n) is 19.5. The molecule has 3 aromatic rings. The van der Waals surface area contributed by atoms with Crippen molar-refractivity contribution in [3.05, 3.63) is 53.5 Å². The van der Waals surface area contributed by atoms with E-state index in [0.717, 1.165) is 0 Å². The number of hydrogen-bond acceptors (Lipinski definition) is 9. The van der Waals surface area contributed by atoms with Gasteiger partial charge < -0.3 is 18.9 Å². The molecule has 0 saturated carbocycles. The fraction of sp³-hybridized carbons (Fsp3) is 0.318. The van der Waals surface area contributed by atoms with Crippen molar-refractivity contribution in [3.63, 3.8) is 0 Å². The Morgan fingerprint density at radius 1 is 1.06 bits per heavy atom. The summed E-state index contributed by atoms with van der Waals surface area (Å²) in [5, 5.41) is 4.13. The first kappa shape index (κ1) is 24.8. The van der Waals surface area contributed by atoms with E-state index in [-0.39, 0.29) is 28.0 Å². The van der Waals surface area contributed by atoms with E-state index in [1.54, 1.807) is 29.2 Å². The molecule has 0 saturated heterocycles. The Hall–Kier alpha value is -3.80. The molecule has 1 N–H and O–H groups in total. The monoisotopic (exact) mass is 490 g/mol. The first-order chi connectivity index (χ1) is 16.3. The molecule has 3 rings (SSSR count). The summed E-state index contributed by atoms with van der Waals surface area (Å²) in [4.78, 5) is 16.7. The predicted molar refractivity (Wildman–Crippen MR) is 122 cm³/mol. The van der Waals surface area contributed by atoms with Crippen LogP contribution in [-0.2, 0) is 23.0 Å². The van der Waals surface area contributed by atoms with Gasteiger partial charge in [-0.05, 0) is 24.6 Å². The second-order valence-electron chi connectivity index (χ2n) is 6.98. The number of sulfonamides is 1. The number of benzene rings is 1. The standard InChI is InChI=1S/C22H26N4O7S/c1-6-15-17(30-2)12-18(31-3)20(19(15)32-4)34(28,29)25-21(27)16-9-8-14(22(24-16)33-5)13-26-11-7-10-23-26/h7-12H,6,13H2,1-5H3,(H,25,27). The van der Waals surface area contributed by atoms with Gasteiger partial charge in [-0.15, -0.1) is 0 Å². The van der Waals surface area contributed by atoms with Crippen LogP contribution in [0.15, 0.2) is 41.6 Å². The molecule has 1 aromatic carbocycles. The molecule has 0 aliphatic carbocycles. The average Bonchev–Trinajstić information content (AvgIpc) is 3.35. The number of ether oxygens (including phenoxy) is 4. The largest absolute Gasteiger partial charge is 0.496 e. The van der Waals surface area contributed by atoms with Crippen molar-refractivity contribution >= 4 is 15.9 Å². The summed E-state index contributed by atoms with van der Waals surface area (Å²) in [6.07, 6.45) is 3.83. The summed E-state index contributed by atoms with van der Waals surface area (Å²) >= 11 is 0. The Bertz CT molecular complexity index is 1270. The average molecular weight is 491 g/mol. The van der Waals surface area contributed by atoms with Crippen molar-refractivity contribution in [2.24, 2.45) is 0 Å². The molecule has 2 aromatic heterocycles. The lowest BCUT2D eigenvalue weighted by molar-refractivity contribution is 0.0975. The summed E-state index contributed by atoms with van der Waals surface area (Å²) in [5.41, 5.74) is 1.03. The summed E-state index contributed by atoms with van der Waals surface area (Å²) in [6.45, 7) is 2.19. The number of pyridine rings is 1. The first-order valence-electron chi connectivity index (χ1n) is 10.2. The number of hydrogen-bond donors (Lipinski definition) is 1. The van der Waals surface area contributed by atoms with Crippen LogP contribution in [0.25, 0.3) is 0 Å². The number of nitrogens with zero attached hydrogens (tertiary/aromatic N) is 3. The van der Waals surface area contributed by atoms with Crippen LogP contribution in [0.4, 0.5) is 0 Å². The van der Waals surface area contributed by atoms with E-state index in [1.165, 1.54) is 40.6 Å². The molecule has 0 atom stereocenters. The molecule has 1 amide bonds. The lowest BCUT2D eigenvalue weighted by atomic mass is 10.1. The number of methoxy groups -OCH3 is 4. The van der Waals surface area contributed by atoms with Crippen LogP contribution in [0.3, 0.4) is 0 Å². The third kappa shape index (κ3) is 4.91. The highest BCUT2D eigenvalue weighted by Gasteiger charge is 2.31. The molecule has 0 unspecified atom stereocenters. The molecule has 2 heterocycles. The first-order valence-corrected chi connectivity index (χ1v) is 11.7. The second kappa shape index (κ2) is 10.4. The second-order valence-corrected chi connectivity index (χ2v) is 8.60. The highest BCUT2D eigenvalue weighted by atomic mass is 32.2. The van der Waals surface area contributed by atoms with Gasteiger partial charge in [0.1, 0.15) is 22.9 Å². The van der Waals surface area contributed by atoms with E-state index < -0.39 is 15.9 Å². The minimum absolute atomic E-state index is 0.0270.